The zero-order chi connectivity index (χ0) is 19.2. The Hall–Kier alpha value is -1.92. The van der Waals surface area contributed by atoms with Crippen molar-refractivity contribution in [1.82, 2.24) is 15.2 Å². The molecule has 2 unspecified atom stereocenters. The fraction of sp³-hybridized carbons (Fsp3) is 0.524. The number of nitrogens with one attached hydrogen (secondary N) is 1. The van der Waals surface area contributed by atoms with Gasteiger partial charge in [0.05, 0.1) is 23.4 Å². The van der Waals surface area contributed by atoms with Crippen LogP contribution < -0.4 is 5.32 Å². The van der Waals surface area contributed by atoms with Crippen molar-refractivity contribution in [2.24, 2.45) is 10.9 Å². The summed E-state index contributed by atoms with van der Waals surface area (Å²) in [5.41, 5.74) is 3.64. The van der Waals surface area contributed by atoms with Crippen molar-refractivity contribution in [2.45, 2.75) is 39.3 Å². The summed E-state index contributed by atoms with van der Waals surface area (Å²) in [6.07, 6.45) is 2.43. The third-order valence-electron chi connectivity index (χ3n) is 5.01. The van der Waals surface area contributed by atoms with Gasteiger partial charge in [0.2, 0.25) is 0 Å². The molecule has 0 amide bonds. The maximum absolute atomic E-state index is 6.14. The van der Waals surface area contributed by atoms with Crippen LogP contribution in [0.25, 0.3) is 0 Å². The van der Waals surface area contributed by atoms with Crippen LogP contribution in [-0.4, -0.2) is 43.1 Å². The molecule has 2 atom stereocenters. The predicted octanol–water partition coefficient (Wildman–Crippen LogP) is 3.94. The van der Waals surface area contributed by atoms with Crippen molar-refractivity contribution < 1.29 is 4.74 Å². The van der Waals surface area contributed by atoms with Crippen LogP contribution in [0.2, 0.25) is 0 Å². The van der Waals surface area contributed by atoms with Crippen LogP contribution in [-0.2, 0) is 11.3 Å². The van der Waals surface area contributed by atoms with Crippen LogP contribution in [0.4, 0.5) is 0 Å². The number of thiazole rings is 1. The Morgan fingerprint density at radius 1 is 1.33 bits per heavy atom. The van der Waals surface area contributed by atoms with Gasteiger partial charge in [-0.1, -0.05) is 29.8 Å². The zero-order valence-corrected chi connectivity index (χ0v) is 17.6. The third-order valence-corrected chi connectivity index (χ3v) is 5.83. The minimum Gasteiger partial charge on any atom is -0.373 e. The van der Waals surface area contributed by atoms with Gasteiger partial charge in [-0.3, -0.25) is 4.99 Å². The molecule has 1 aromatic carbocycles. The summed E-state index contributed by atoms with van der Waals surface area (Å²) < 4.78 is 6.14. The summed E-state index contributed by atoms with van der Waals surface area (Å²) >= 11 is 1.69. The predicted molar refractivity (Wildman–Crippen MR) is 112 cm³/mol. The molecule has 5 nitrogen and oxygen atoms in total. The van der Waals surface area contributed by atoms with Crippen LogP contribution in [0.3, 0.4) is 0 Å². The molecule has 3 rings (SSSR count). The molecular formula is C21H30N4OS. The van der Waals surface area contributed by atoms with E-state index in [-0.39, 0.29) is 6.10 Å². The molecule has 0 radical (unpaired) electrons. The third kappa shape index (κ3) is 5.30. The molecule has 1 fully saturated rings. The van der Waals surface area contributed by atoms with Gasteiger partial charge in [0, 0.05) is 38.5 Å². The highest BCUT2D eigenvalue weighted by Crippen LogP contribution is 2.33. The van der Waals surface area contributed by atoms with Gasteiger partial charge in [-0.15, -0.1) is 11.3 Å². The molecule has 1 aliphatic heterocycles. The lowest BCUT2D eigenvalue weighted by Crippen LogP contribution is -2.42. The molecule has 0 spiro atoms. The smallest absolute Gasteiger partial charge is 0.193 e. The fourth-order valence-electron chi connectivity index (χ4n) is 3.58. The number of hydrogen-bond acceptors (Lipinski definition) is 4. The fourth-order valence-corrected chi connectivity index (χ4v) is 4.19. The molecule has 2 aromatic rings. The molecule has 27 heavy (non-hydrogen) atoms. The Morgan fingerprint density at radius 2 is 2.11 bits per heavy atom. The number of guanidine groups is 1. The Balaban J connectivity index is 1.60. The monoisotopic (exact) mass is 386 g/mol. The Bertz CT molecular complexity index is 756. The van der Waals surface area contributed by atoms with Crippen LogP contribution >= 0.6 is 11.3 Å². The molecule has 0 aliphatic carbocycles. The molecule has 0 saturated carbocycles. The molecule has 1 saturated heterocycles. The number of aromatic nitrogens is 1. The van der Waals surface area contributed by atoms with Crippen molar-refractivity contribution in [3.63, 3.8) is 0 Å². The minimum absolute atomic E-state index is 0.149. The average molecular weight is 387 g/mol. The SMILES string of the molecule is CN=C(NCC1CCCOC1c1ccc(C)cc1)N(C)Cc1csc(C)n1. The Morgan fingerprint density at radius 3 is 2.78 bits per heavy atom. The lowest BCUT2D eigenvalue weighted by Gasteiger charge is -2.33. The van der Waals surface area contributed by atoms with Crippen molar-refractivity contribution in [3.8, 4) is 0 Å². The molecule has 0 bridgehead atoms. The van der Waals surface area contributed by atoms with Crippen LogP contribution in [0.5, 0.6) is 0 Å². The quantitative estimate of drug-likeness (QED) is 0.625. The van der Waals surface area contributed by atoms with Gasteiger partial charge in [0.25, 0.3) is 0 Å². The van der Waals surface area contributed by atoms with Crippen LogP contribution in [0, 0.1) is 19.8 Å². The second kappa shape index (κ2) is 9.33. The van der Waals surface area contributed by atoms with E-state index in [1.54, 1.807) is 11.3 Å². The number of benzene rings is 1. The van der Waals surface area contributed by atoms with Gasteiger partial charge in [-0.05, 0) is 32.3 Å². The second-order valence-electron chi connectivity index (χ2n) is 7.25. The van der Waals surface area contributed by atoms with E-state index in [9.17, 15) is 0 Å². The number of aliphatic imine (C=N–C) groups is 1. The van der Waals surface area contributed by atoms with Gasteiger partial charge in [0.1, 0.15) is 0 Å². The van der Waals surface area contributed by atoms with Crippen LogP contribution in [0.1, 0.15) is 40.8 Å². The topological polar surface area (TPSA) is 49.8 Å². The highest BCUT2D eigenvalue weighted by molar-refractivity contribution is 7.09. The maximum atomic E-state index is 6.14. The van der Waals surface area contributed by atoms with E-state index < -0.39 is 0 Å². The van der Waals surface area contributed by atoms with E-state index in [1.807, 2.05) is 14.0 Å². The summed E-state index contributed by atoms with van der Waals surface area (Å²) in [6, 6.07) is 8.73. The number of ether oxygens (including phenoxy) is 1. The molecule has 1 N–H and O–H groups in total. The van der Waals surface area contributed by atoms with Gasteiger partial charge < -0.3 is 15.0 Å². The Kier molecular flexibility index (Phi) is 6.85. The number of nitrogens with zero attached hydrogens (tertiary/aromatic N) is 3. The van der Waals surface area contributed by atoms with Crippen molar-refractivity contribution in [2.75, 3.05) is 27.2 Å². The van der Waals surface area contributed by atoms with Crippen molar-refractivity contribution in [1.29, 1.82) is 0 Å². The summed E-state index contributed by atoms with van der Waals surface area (Å²) in [7, 11) is 3.89. The van der Waals surface area contributed by atoms with E-state index in [0.29, 0.717) is 5.92 Å². The summed E-state index contributed by atoms with van der Waals surface area (Å²) in [5.74, 6) is 1.34. The second-order valence-corrected chi connectivity index (χ2v) is 8.31. The van der Waals surface area contributed by atoms with Crippen LogP contribution in [0.15, 0.2) is 34.6 Å². The van der Waals surface area contributed by atoms with Crippen molar-refractivity contribution in [3.05, 3.63) is 51.5 Å². The average Bonchev–Trinajstić information content (AvgIpc) is 3.08. The first-order valence-corrected chi connectivity index (χ1v) is 10.5. The summed E-state index contributed by atoms with van der Waals surface area (Å²) in [6.45, 7) is 6.61. The first-order chi connectivity index (χ1) is 13.1. The molecular weight excluding hydrogens is 356 g/mol. The van der Waals surface area contributed by atoms with Gasteiger partial charge in [-0.25, -0.2) is 4.98 Å². The van der Waals surface area contributed by atoms with Crippen molar-refractivity contribution >= 4 is 17.3 Å². The van der Waals surface area contributed by atoms with E-state index in [1.165, 1.54) is 11.1 Å². The van der Waals surface area contributed by atoms with E-state index in [2.05, 4.69) is 63.8 Å². The van der Waals surface area contributed by atoms with E-state index in [0.717, 1.165) is 49.2 Å². The normalized spacial score (nSPS) is 20.5. The lowest BCUT2D eigenvalue weighted by molar-refractivity contribution is -0.0266. The van der Waals surface area contributed by atoms with Gasteiger partial charge in [-0.2, -0.15) is 0 Å². The molecule has 2 heterocycles. The van der Waals surface area contributed by atoms with Gasteiger partial charge >= 0.3 is 0 Å². The maximum Gasteiger partial charge on any atom is 0.193 e. The first kappa shape index (κ1) is 19.8. The van der Waals surface area contributed by atoms with Gasteiger partial charge in [0.15, 0.2) is 5.96 Å². The molecule has 1 aromatic heterocycles. The Labute approximate surface area is 166 Å². The molecule has 1 aliphatic rings. The largest absolute Gasteiger partial charge is 0.373 e. The lowest BCUT2D eigenvalue weighted by atomic mass is 9.89. The van der Waals surface area contributed by atoms with E-state index >= 15 is 0 Å². The zero-order valence-electron chi connectivity index (χ0n) is 16.7. The highest BCUT2D eigenvalue weighted by Gasteiger charge is 2.27. The number of aryl methyl sites for hydroxylation is 2. The molecule has 146 valence electrons. The molecule has 6 heteroatoms. The number of rotatable bonds is 5. The first-order valence-electron chi connectivity index (χ1n) is 9.57. The summed E-state index contributed by atoms with van der Waals surface area (Å²) in [4.78, 5) is 11.1. The summed E-state index contributed by atoms with van der Waals surface area (Å²) in [5, 5.41) is 6.76. The standard InChI is InChI=1S/C21H30N4OS/c1-15-7-9-17(10-8-15)20-18(6-5-11-26-20)12-23-21(22-3)25(4)13-19-14-27-16(2)24-19/h7-10,14,18,20H,5-6,11-13H2,1-4H3,(H,22,23). The van der Waals surface area contributed by atoms with E-state index in [4.69, 9.17) is 4.74 Å². The number of hydrogen-bond donors (Lipinski definition) is 1. The minimum atomic E-state index is 0.149. The highest BCUT2D eigenvalue weighted by atomic mass is 32.1.